The first-order valence-electron chi connectivity index (χ1n) is 7.42. The molecule has 0 spiro atoms. The van der Waals surface area contributed by atoms with Crippen LogP contribution < -0.4 is 4.74 Å². The number of nitrogens with one attached hydrogen (secondary N) is 1. The molecule has 0 unspecified atom stereocenters. The van der Waals surface area contributed by atoms with Gasteiger partial charge in [0, 0.05) is 11.1 Å². The van der Waals surface area contributed by atoms with E-state index in [-0.39, 0.29) is 5.75 Å². The maximum atomic E-state index is 9.82. The van der Waals surface area contributed by atoms with Crippen LogP contribution >= 0.6 is 12.2 Å². The van der Waals surface area contributed by atoms with Gasteiger partial charge >= 0.3 is 0 Å². The molecule has 0 aliphatic heterocycles. The zero-order valence-electron chi connectivity index (χ0n) is 13.0. The Bertz CT molecular complexity index is 930. The van der Waals surface area contributed by atoms with Crippen LogP contribution in [0.1, 0.15) is 12.5 Å². The molecule has 0 saturated heterocycles. The lowest BCUT2D eigenvalue weighted by atomic mass is 10.2. The molecular formula is C17H16N4O2S. The highest BCUT2D eigenvalue weighted by atomic mass is 32.1. The molecule has 0 fully saturated rings. The summed E-state index contributed by atoms with van der Waals surface area (Å²) in [5.41, 5.74) is 1.41. The summed E-state index contributed by atoms with van der Waals surface area (Å²) < 4.78 is 7.38. The van der Waals surface area contributed by atoms with E-state index in [1.807, 2.05) is 37.3 Å². The van der Waals surface area contributed by atoms with Crippen molar-refractivity contribution in [3.63, 3.8) is 0 Å². The van der Waals surface area contributed by atoms with Gasteiger partial charge in [0.05, 0.1) is 12.8 Å². The van der Waals surface area contributed by atoms with Crippen LogP contribution in [0.3, 0.4) is 0 Å². The van der Waals surface area contributed by atoms with Gasteiger partial charge in [-0.25, -0.2) is 5.10 Å². The summed E-state index contributed by atoms with van der Waals surface area (Å²) in [6.07, 6.45) is 1.54. The summed E-state index contributed by atoms with van der Waals surface area (Å²) in [7, 11) is 0. The Morgan fingerprint density at radius 3 is 2.92 bits per heavy atom. The molecule has 0 saturated carbocycles. The second-order valence-corrected chi connectivity index (χ2v) is 5.32. The van der Waals surface area contributed by atoms with Crippen molar-refractivity contribution in [2.45, 2.75) is 6.92 Å². The van der Waals surface area contributed by atoms with Gasteiger partial charge in [-0.2, -0.15) is 14.9 Å². The van der Waals surface area contributed by atoms with Crippen molar-refractivity contribution in [1.29, 1.82) is 0 Å². The molecule has 1 heterocycles. The van der Waals surface area contributed by atoms with Gasteiger partial charge in [0.15, 0.2) is 5.82 Å². The first-order chi connectivity index (χ1) is 11.7. The van der Waals surface area contributed by atoms with Crippen molar-refractivity contribution in [3.05, 3.63) is 58.9 Å². The predicted molar refractivity (Wildman–Crippen MR) is 95.1 cm³/mol. The average molecular weight is 340 g/mol. The minimum Gasteiger partial charge on any atom is -0.507 e. The maximum Gasteiger partial charge on any atom is 0.216 e. The fourth-order valence-electron chi connectivity index (χ4n) is 2.19. The third-order valence-electron chi connectivity index (χ3n) is 3.30. The first kappa shape index (κ1) is 15.9. The molecule has 122 valence electrons. The van der Waals surface area contributed by atoms with E-state index in [0.29, 0.717) is 22.8 Å². The second kappa shape index (κ2) is 7.10. The molecule has 3 rings (SSSR count). The third-order valence-corrected chi connectivity index (χ3v) is 3.57. The van der Waals surface area contributed by atoms with Crippen LogP contribution in [0.4, 0.5) is 0 Å². The van der Waals surface area contributed by atoms with Crippen molar-refractivity contribution in [2.75, 3.05) is 6.61 Å². The summed E-state index contributed by atoms with van der Waals surface area (Å²) in [6.45, 7) is 2.51. The third kappa shape index (κ3) is 3.36. The van der Waals surface area contributed by atoms with Crippen molar-refractivity contribution in [2.24, 2.45) is 5.10 Å². The monoisotopic (exact) mass is 340 g/mol. The fraction of sp³-hybridized carbons (Fsp3) is 0.118. The van der Waals surface area contributed by atoms with Gasteiger partial charge in [0.2, 0.25) is 4.77 Å². The minimum absolute atomic E-state index is 0.149. The molecule has 0 aliphatic carbocycles. The van der Waals surface area contributed by atoms with Crippen LogP contribution in [0, 0.1) is 4.77 Å². The van der Waals surface area contributed by atoms with Crippen molar-refractivity contribution in [3.8, 4) is 22.9 Å². The fourth-order valence-corrected chi connectivity index (χ4v) is 2.37. The Hall–Kier alpha value is -2.93. The van der Waals surface area contributed by atoms with Gasteiger partial charge in [-0.15, -0.1) is 0 Å². The van der Waals surface area contributed by atoms with Gasteiger partial charge in [0.25, 0.3) is 0 Å². The summed E-state index contributed by atoms with van der Waals surface area (Å²) >= 11 is 5.24. The lowest BCUT2D eigenvalue weighted by Gasteiger charge is -2.05. The average Bonchev–Trinajstić information content (AvgIpc) is 2.96. The van der Waals surface area contributed by atoms with Gasteiger partial charge in [-0.1, -0.05) is 24.3 Å². The first-order valence-corrected chi connectivity index (χ1v) is 7.83. The van der Waals surface area contributed by atoms with E-state index in [2.05, 4.69) is 15.3 Å². The van der Waals surface area contributed by atoms with Gasteiger partial charge < -0.3 is 9.84 Å². The Kier molecular flexibility index (Phi) is 4.72. The number of aromatic amines is 1. The number of aromatic hydroxyl groups is 1. The highest BCUT2D eigenvalue weighted by molar-refractivity contribution is 7.71. The number of phenols is 1. The molecule has 2 N–H and O–H groups in total. The zero-order valence-corrected chi connectivity index (χ0v) is 13.8. The highest BCUT2D eigenvalue weighted by Crippen LogP contribution is 2.23. The van der Waals surface area contributed by atoms with E-state index in [1.54, 1.807) is 18.2 Å². The molecule has 7 heteroatoms. The Labute approximate surface area is 144 Å². The molecule has 0 aliphatic rings. The highest BCUT2D eigenvalue weighted by Gasteiger charge is 2.09. The molecule has 1 aromatic heterocycles. The summed E-state index contributed by atoms with van der Waals surface area (Å²) in [4.78, 5) is 0. The molecule has 0 atom stereocenters. The topological polar surface area (TPSA) is 75.4 Å². The summed E-state index contributed by atoms with van der Waals surface area (Å²) in [5.74, 6) is 1.46. The van der Waals surface area contributed by atoms with E-state index in [9.17, 15) is 5.11 Å². The SMILES string of the molecule is CCOc1cccc(-c2n[nH]c(=S)n2N=Cc2ccccc2O)c1. The van der Waals surface area contributed by atoms with E-state index < -0.39 is 0 Å². The number of hydrogen-bond acceptors (Lipinski definition) is 5. The summed E-state index contributed by atoms with van der Waals surface area (Å²) in [6, 6.07) is 14.5. The number of para-hydroxylation sites is 1. The Morgan fingerprint density at radius 2 is 2.12 bits per heavy atom. The van der Waals surface area contributed by atoms with Crippen molar-refractivity contribution < 1.29 is 9.84 Å². The van der Waals surface area contributed by atoms with E-state index in [0.717, 1.165) is 11.3 Å². The normalized spacial score (nSPS) is 11.0. The smallest absolute Gasteiger partial charge is 0.216 e. The van der Waals surface area contributed by atoms with E-state index in [1.165, 1.54) is 10.9 Å². The molecule has 0 radical (unpaired) electrons. The van der Waals surface area contributed by atoms with Crippen LogP contribution in [-0.4, -0.2) is 32.8 Å². The number of H-pyrrole nitrogens is 1. The van der Waals surface area contributed by atoms with E-state index in [4.69, 9.17) is 17.0 Å². The van der Waals surface area contributed by atoms with Crippen molar-refractivity contribution in [1.82, 2.24) is 14.9 Å². The predicted octanol–water partition coefficient (Wildman–Crippen LogP) is 3.59. The van der Waals surface area contributed by atoms with Crippen molar-refractivity contribution >= 4 is 18.4 Å². The van der Waals surface area contributed by atoms with Crippen LogP contribution in [-0.2, 0) is 0 Å². The molecule has 0 amide bonds. The lowest BCUT2D eigenvalue weighted by molar-refractivity contribution is 0.340. The largest absolute Gasteiger partial charge is 0.507 e. The number of ether oxygens (including phenoxy) is 1. The second-order valence-electron chi connectivity index (χ2n) is 4.93. The van der Waals surface area contributed by atoms with Crippen LogP contribution in [0.15, 0.2) is 53.6 Å². The molecule has 6 nitrogen and oxygen atoms in total. The lowest BCUT2D eigenvalue weighted by Crippen LogP contribution is -1.96. The number of rotatable bonds is 5. The quantitative estimate of drug-likeness (QED) is 0.550. The Morgan fingerprint density at radius 1 is 1.29 bits per heavy atom. The van der Waals surface area contributed by atoms with Gasteiger partial charge in [-0.05, 0) is 43.4 Å². The van der Waals surface area contributed by atoms with E-state index >= 15 is 0 Å². The number of phenolic OH excluding ortho intramolecular Hbond substituents is 1. The maximum absolute atomic E-state index is 9.82. The standard InChI is InChI=1S/C17H16N4O2S/c1-2-23-14-8-5-7-12(10-14)16-19-20-17(24)21(16)18-11-13-6-3-4-9-15(13)22/h3-11,22H,2H2,1H3,(H,20,24). The summed E-state index contributed by atoms with van der Waals surface area (Å²) in [5, 5.41) is 21.1. The number of benzene rings is 2. The van der Waals surface area contributed by atoms with Gasteiger partial charge in [-0.3, -0.25) is 0 Å². The van der Waals surface area contributed by atoms with Crippen LogP contribution in [0.2, 0.25) is 0 Å². The minimum atomic E-state index is 0.149. The molecule has 0 bridgehead atoms. The van der Waals surface area contributed by atoms with Gasteiger partial charge in [0.1, 0.15) is 11.5 Å². The van der Waals surface area contributed by atoms with Crippen LogP contribution in [0.5, 0.6) is 11.5 Å². The number of aromatic nitrogens is 3. The zero-order chi connectivity index (χ0) is 16.9. The van der Waals surface area contributed by atoms with Crippen LogP contribution in [0.25, 0.3) is 11.4 Å². The molecule has 24 heavy (non-hydrogen) atoms. The molecule has 3 aromatic rings. The number of hydrogen-bond donors (Lipinski definition) is 2. The Balaban J connectivity index is 1.99. The molecule has 2 aromatic carbocycles. The number of nitrogens with zero attached hydrogens (tertiary/aromatic N) is 3. The molecular weight excluding hydrogens is 324 g/mol.